The summed E-state index contributed by atoms with van der Waals surface area (Å²) in [6.07, 6.45) is 9.24. The molecule has 0 unspecified atom stereocenters. The molecule has 5 aliphatic rings. The van der Waals surface area contributed by atoms with E-state index in [1.807, 2.05) is 13.8 Å². The highest BCUT2D eigenvalue weighted by Crippen LogP contribution is 2.76. The van der Waals surface area contributed by atoms with Crippen molar-refractivity contribution in [2.45, 2.75) is 136 Å². The fraction of sp³-hybridized carbons (Fsp3) is 0.935. The van der Waals surface area contributed by atoms with Crippen molar-refractivity contribution in [3.63, 3.8) is 0 Å². The van der Waals surface area contributed by atoms with Crippen molar-refractivity contribution < 1.29 is 24.2 Å². The molecule has 0 bridgehead atoms. The van der Waals surface area contributed by atoms with Crippen LogP contribution in [0, 0.1) is 46.3 Å². The van der Waals surface area contributed by atoms with Gasteiger partial charge in [0.2, 0.25) is 0 Å². The molecule has 204 valence electrons. The Labute approximate surface area is 218 Å². The van der Waals surface area contributed by atoms with Gasteiger partial charge in [-0.2, -0.15) is 0 Å². The van der Waals surface area contributed by atoms with Gasteiger partial charge in [-0.1, -0.05) is 27.7 Å². The second-order valence-corrected chi connectivity index (χ2v) is 14.8. The van der Waals surface area contributed by atoms with Crippen molar-refractivity contribution >= 4 is 11.8 Å². The maximum atomic E-state index is 12.3. The molecular weight excluding hydrogens is 452 g/mol. The second-order valence-electron chi connectivity index (χ2n) is 14.8. The standard InChI is InChI=1S/C31H50O5/c1-18(19(2)27(4,5)34)26(35-20(3)32)30(8)31(36-30)16-13-25-23-10-9-21-17-22(33)11-14-28(21,6)24(23)12-15-29(25,31)7/h18-19,21,23-26,34H,9-17H2,1-8H3/t18-,19-,21-,23+,24-,25-,26+,28-,29-,30-,31+/m0/s1. The number of aliphatic hydroxyl groups is 1. The summed E-state index contributed by atoms with van der Waals surface area (Å²) in [5.74, 6) is 2.71. The molecule has 1 aliphatic heterocycles. The number of rotatable bonds is 5. The van der Waals surface area contributed by atoms with E-state index < -0.39 is 11.2 Å². The maximum absolute atomic E-state index is 12.3. The number of carbonyl (C=O) groups is 2. The van der Waals surface area contributed by atoms with Gasteiger partial charge >= 0.3 is 5.97 Å². The SMILES string of the molecule is CC(=O)O[C@H]([C@@H](C)[C@H](C)C(C)(C)O)[C@]1(C)O[C@@]12CC[C@H]1[C@@H]3CC[C@H]4CC(=O)CC[C@]4(C)[C@H]3CC[C@@]12C. The van der Waals surface area contributed by atoms with Gasteiger partial charge in [-0.3, -0.25) is 9.59 Å². The van der Waals surface area contributed by atoms with Gasteiger partial charge in [0.05, 0.1) is 5.60 Å². The van der Waals surface area contributed by atoms with E-state index in [1.54, 1.807) is 0 Å². The highest BCUT2D eigenvalue weighted by molar-refractivity contribution is 5.79. The smallest absolute Gasteiger partial charge is 0.303 e. The lowest BCUT2D eigenvalue weighted by Gasteiger charge is -2.60. The van der Waals surface area contributed by atoms with Crippen molar-refractivity contribution in [2.75, 3.05) is 0 Å². The summed E-state index contributed by atoms with van der Waals surface area (Å²) in [6, 6.07) is 0. The fourth-order valence-electron chi connectivity index (χ4n) is 10.5. The molecule has 5 rings (SSSR count). The van der Waals surface area contributed by atoms with Crippen molar-refractivity contribution in [1.29, 1.82) is 0 Å². The molecular formula is C31H50O5. The summed E-state index contributed by atoms with van der Waals surface area (Å²) in [6.45, 7) is 16.5. The first-order chi connectivity index (χ1) is 16.6. The average Bonchev–Trinajstić information content (AvgIpc) is 3.30. The van der Waals surface area contributed by atoms with Crippen molar-refractivity contribution in [1.82, 2.24) is 0 Å². The number of Topliss-reactive ketones (excluding diaryl/α,β-unsaturated/α-hetero) is 1. The molecule has 0 aromatic heterocycles. The predicted octanol–water partition coefficient (Wildman–Crippen LogP) is 6.10. The van der Waals surface area contributed by atoms with Gasteiger partial charge in [-0.05, 0) is 101 Å². The fourth-order valence-corrected chi connectivity index (χ4v) is 10.5. The maximum Gasteiger partial charge on any atom is 0.303 e. The number of carbonyl (C=O) groups excluding carboxylic acids is 2. The highest BCUT2D eigenvalue weighted by Gasteiger charge is 2.83. The molecule has 11 atom stereocenters. The Morgan fingerprint density at radius 3 is 2.36 bits per heavy atom. The van der Waals surface area contributed by atoms with Crippen molar-refractivity contribution in [3.8, 4) is 0 Å². The largest absolute Gasteiger partial charge is 0.459 e. The Morgan fingerprint density at radius 1 is 1.06 bits per heavy atom. The minimum Gasteiger partial charge on any atom is -0.459 e. The van der Waals surface area contributed by atoms with E-state index in [-0.39, 0.29) is 34.9 Å². The summed E-state index contributed by atoms with van der Waals surface area (Å²) >= 11 is 0. The van der Waals surface area contributed by atoms with E-state index in [1.165, 1.54) is 32.6 Å². The Morgan fingerprint density at radius 2 is 1.72 bits per heavy atom. The molecule has 4 aliphatic carbocycles. The molecule has 0 amide bonds. The first-order valence-corrected chi connectivity index (χ1v) is 14.7. The zero-order chi connectivity index (χ0) is 26.5. The normalized spacial score (nSPS) is 48.4. The molecule has 1 heterocycles. The van der Waals surface area contributed by atoms with Crippen LogP contribution in [0.1, 0.15) is 113 Å². The van der Waals surface area contributed by atoms with Crippen molar-refractivity contribution in [3.05, 3.63) is 0 Å². The van der Waals surface area contributed by atoms with Gasteiger partial charge < -0.3 is 14.6 Å². The first kappa shape index (κ1) is 26.7. The molecule has 5 nitrogen and oxygen atoms in total. The Hall–Kier alpha value is -0.940. The summed E-state index contributed by atoms with van der Waals surface area (Å²) in [4.78, 5) is 24.5. The zero-order valence-electron chi connectivity index (χ0n) is 24.0. The van der Waals surface area contributed by atoms with Crippen LogP contribution in [0.2, 0.25) is 0 Å². The van der Waals surface area contributed by atoms with Crippen LogP contribution < -0.4 is 0 Å². The quantitative estimate of drug-likeness (QED) is 0.363. The number of ether oxygens (including phenoxy) is 2. The topological polar surface area (TPSA) is 76.1 Å². The van der Waals surface area contributed by atoms with Crippen LogP contribution in [0.25, 0.3) is 0 Å². The molecule has 1 spiro atoms. The first-order valence-electron chi connectivity index (χ1n) is 14.7. The predicted molar refractivity (Wildman–Crippen MR) is 139 cm³/mol. The Kier molecular flexibility index (Phi) is 6.13. The average molecular weight is 503 g/mol. The molecule has 0 aromatic carbocycles. The van der Waals surface area contributed by atoms with Crippen LogP contribution >= 0.6 is 0 Å². The van der Waals surface area contributed by atoms with Gasteiger partial charge in [0.15, 0.2) is 0 Å². The number of ketones is 1. The molecule has 1 saturated heterocycles. The summed E-state index contributed by atoms with van der Waals surface area (Å²) in [7, 11) is 0. The van der Waals surface area contributed by atoms with Gasteiger partial charge in [0, 0.05) is 31.1 Å². The molecule has 5 heteroatoms. The number of hydrogen-bond donors (Lipinski definition) is 1. The molecule has 5 fully saturated rings. The molecule has 36 heavy (non-hydrogen) atoms. The van der Waals surface area contributed by atoms with Crippen LogP contribution in [0.15, 0.2) is 0 Å². The molecule has 4 saturated carbocycles. The molecule has 0 aromatic rings. The van der Waals surface area contributed by atoms with E-state index in [0.717, 1.165) is 32.1 Å². The second kappa shape index (κ2) is 8.28. The van der Waals surface area contributed by atoms with Crippen LogP contribution in [0.4, 0.5) is 0 Å². The van der Waals surface area contributed by atoms with E-state index in [4.69, 9.17) is 9.47 Å². The Balaban J connectivity index is 1.43. The lowest BCUT2D eigenvalue weighted by atomic mass is 9.44. The monoisotopic (exact) mass is 502 g/mol. The van der Waals surface area contributed by atoms with Crippen molar-refractivity contribution in [2.24, 2.45) is 46.3 Å². The van der Waals surface area contributed by atoms with E-state index in [2.05, 4.69) is 34.6 Å². The third kappa shape index (κ3) is 3.53. The lowest BCUT2D eigenvalue weighted by molar-refractivity contribution is -0.157. The van der Waals surface area contributed by atoms with Crippen LogP contribution in [0.5, 0.6) is 0 Å². The van der Waals surface area contributed by atoms with Crippen LogP contribution in [0.3, 0.4) is 0 Å². The van der Waals surface area contributed by atoms with E-state index >= 15 is 0 Å². The molecule has 0 radical (unpaired) electrons. The molecule has 1 N–H and O–H groups in total. The summed E-state index contributed by atoms with van der Waals surface area (Å²) in [5, 5.41) is 10.8. The van der Waals surface area contributed by atoms with E-state index in [9.17, 15) is 14.7 Å². The number of esters is 1. The van der Waals surface area contributed by atoms with Crippen LogP contribution in [-0.2, 0) is 19.1 Å². The number of fused-ring (bicyclic) bond motifs is 6. The van der Waals surface area contributed by atoms with Crippen LogP contribution in [-0.4, -0.2) is 39.8 Å². The minimum atomic E-state index is -0.869. The number of epoxide rings is 1. The van der Waals surface area contributed by atoms with Gasteiger partial charge in [0.25, 0.3) is 0 Å². The number of hydrogen-bond acceptors (Lipinski definition) is 5. The third-order valence-corrected chi connectivity index (χ3v) is 13.0. The summed E-state index contributed by atoms with van der Waals surface area (Å²) in [5.41, 5.74) is -1.31. The highest BCUT2D eigenvalue weighted by atomic mass is 16.7. The Bertz CT molecular complexity index is 922. The van der Waals surface area contributed by atoms with Gasteiger partial charge in [-0.15, -0.1) is 0 Å². The minimum absolute atomic E-state index is 0.0358. The summed E-state index contributed by atoms with van der Waals surface area (Å²) < 4.78 is 13.0. The lowest BCUT2D eigenvalue weighted by Crippen LogP contribution is -2.56. The van der Waals surface area contributed by atoms with E-state index in [0.29, 0.717) is 34.9 Å². The van der Waals surface area contributed by atoms with Gasteiger partial charge in [-0.25, -0.2) is 0 Å². The zero-order valence-corrected chi connectivity index (χ0v) is 24.0. The third-order valence-electron chi connectivity index (χ3n) is 13.0. The van der Waals surface area contributed by atoms with Gasteiger partial charge in [0.1, 0.15) is 23.1 Å².